The molecule has 0 saturated heterocycles. The summed E-state index contributed by atoms with van der Waals surface area (Å²) in [7, 11) is 0. The van der Waals surface area contributed by atoms with Crippen LogP contribution in [0.3, 0.4) is 0 Å². The summed E-state index contributed by atoms with van der Waals surface area (Å²) in [6.07, 6.45) is 1.43. The van der Waals surface area contributed by atoms with Gasteiger partial charge in [0.25, 0.3) is 5.56 Å². The molecule has 0 aliphatic rings. The minimum atomic E-state index is -0.0924. The maximum absolute atomic E-state index is 11.4. The molecule has 2 aromatic rings. The van der Waals surface area contributed by atoms with E-state index in [0.29, 0.717) is 3.57 Å². The van der Waals surface area contributed by atoms with Crippen molar-refractivity contribution in [3.63, 3.8) is 0 Å². The summed E-state index contributed by atoms with van der Waals surface area (Å²) in [5.74, 6) is 0. The number of rotatable bonds is 2. The standard InChI is InChI=1S/C11H9IN2OS/c1-7-2-4-8(5-3-7)16-11-9(12)10(15)13-6-14-11/h2-6H,1H3,(H,13,14,15). The Morgan fingerprint density at radius 3 is 2.69 bits per heavy atom. The summed E-state index contributed by atoms with van der Waals surface area (Å²) >= 11 is 3.51. The van der Waals surface area contributed by atoms with Gasteiger partial charge in [0.05, 0.1) is 6.33 Å². The van der Waals surface area contributed by atoms with Crippen LogP contribution in [0.5, 0.6) is 0 Å². The normalized spacial score (nSPS) is 10.4. The SMILES string of the molecule is Cc1ccc(Sc2nc[nH]c(=O)c2I)cc1. The van der Waals surface area contributed by atoms with E-state index < -0.39 is 0 Å². The van der Waals surface area contributed by atoms with E-state index in [0.717, 1.165) is 9.92 Å². The highest BCUT2D eigenvalue weighted by Crippen LogP contribution is 2.27. The monoisotopic (exact) mass is 344 g/mol. The number of nitrogens with one attached hydrogen (secondary N) is 1. The molecule has 16 heavy (non-hydrogen) atoms. The van der Waals surface area contributed by atoms with Crippen LogP contribution >= 0.6 is 34.4 Å². The first-order chi connectivity index (χ1) is 7.66. The fourth-order valence-electron chi connectivity index (χ4n) is 1.16. The molecule has 0 saturated carbocycles. The number of H-pyrrole nitrogens is 1. The summed E-state index contributed by atoms with van der Waals surface area (Å²) in [6.45, 7) is 2.05. The maximum atomic E-state index is 11.4. The van der Waals surface area contributed by atoms with E-state index in [9.17, 15) is 4.79 Å². The molecule has 82 valence electrons. The van der Waals surface area contributed by atoms with Crippen molar-refractivity contribution < 1.29 is 0 Å². The zero-order valence-electron chi connectivity index (χ0n) is 8.53. The number of benzene rings is 1. The van der Waals surface area contributed by atoms with E-state index >= 15 is 0 Å². The minimum Gasteiger partial charge on any atom is -0.312 e. The molecule has 0 spiro atoms. The lowest BCUT2D eigenvalue weighted by atomic mass is 10.2. The van der Waals surface area contributed by atoms with Gasteiger partial charge in [-0.1, -0.05) is 29.5 Å². The molecule has 1 aromatic heterocycles. The molecule has 1 aromatic carbocycles. The van der Waals surface area contributed by atoms with Gasteiger partial charge in [-0.25, -0.2) is 4.98 Å². The van der Waals surface area contributed by atoms with Crippen molar-refractivity contribution in [1.29, 1.82) is 0 Å². The van der Waals surface area contributed by atoms with Crippen molar-refractivity contribution in [2.45, 2.75) is 16.8 Å². The second-order valence-corrected chi connectivity index (χ2v) is 5.41. The van der Waals surface area contributed by atoms with Gasteiger partial charge in [-0.05, 0) is 41.6 Å². The highest BCUT2D eigenvalue weighted by atomic mass is 127. The zero-order valence-corrected chi connectivity index (χ0v) is 11.5. The summed E-state index contributed by atoms with van der Waals surface area (Å²) < 4.78 is 0.630. The third-order valence-corrected chi connectivity index (χ3v) is 4.38. The quantitative estimate of drug-likeness (QED) is 0.673. The average Bonchev–Trinajstić information content (AvgIpc) is 2.28. The van der Waals surface area contributed by atoms with E-state index in [1.165, 1.54) is 23.7 Å². The molecule has 5 heteroatoms. The lowest BCUT2D eigenvalue weighted by Crippen LogP contribution is -2.10. The molecule has 0 fully saturated rings. The molecule has 0 radical (unpaired) electrons. The summed E-state index contributed by atoms with van der Waals surface area (Å²) in [4.78, 5) is 19.2. The smallest absolute Gasteiger partial charge is 0.265 e. The maximum Gasteiger partial charge on any atom is 0.265 e. The number of aromatic nitrogens is 2. The Morgan fingerprint density at radius 1 is 1.31 bits per heavy atom. The van der Waals surface area contributed by atoms with E-state index in [1.54, 1.807) is 0 Å². The molecule has 0 atom stereocenters. The molecule has 0 unspecified atom stereocenters. The topological polar surface area (TPSA) is 45.8 Å². The van der Waals surface area contributed by atoms with Crippen LogP contribution in [-0.2, 0) is 0 Å². The van der Waals surface area contributed by atoms with Crippen LogP contribution < -0.4 is 5.56 Å². The molecule has 3 nitrogen and oxygen atoms in total. The molecular weight excluding hydrogens is 335 g/mol. The van der Waals surface area contributed by atoms with Crippen LogP contribution in [0.4, 0.5) is 0 Å². The van der Waals surface area contributed by atoms with Gasteiger partial charge in [-0.2, -0.15) is 0 Å². The molecule has 0 aliphatic carbocycles. The van der Waals surface area contributed by atoms with Crippen LogP contribution in [0.15, 0.2) is 45.3 Å². The number of hydrogen-bond acceptors (Lipinski definition) is 3. The van der Waals surface area contributed by atoms with Crippen molar-refractivity contribution in [1.82, 2.24) is 9.97 Å². The fourth-order valence-corrected chi connectivity index (χ4v) is 2.56. The Hall–Kier alpha value is -0.820. The lowest BCUT2D eigenvalue weighted by Gasteiger charge is -2.02. The molecular formula is C11H9IN2OS. The average molecular weight is 344 g/mol. The molecule has 1 heterocycles. The first kappa shape index (κ1) is 11.7. The molecule has 0 bridgehead atoms. The van der Waals surface area contributed by atoms with Crippen molar-refractivity contribution in [2.75, 3.05) is 0 Å². The van der Waals surface area contributed by atoms with E-state index in [4.69, 9.17) is 0 Å². The van der Waals surface area contributed by atoms with Crippen LogP contribution in [0.2, 0.25) is 0 Å². The van der Waals surface area contributed by atoms with Crippen LogP contribution in [0.25, 0.3) is 0 Å². The second kappa shape index (κ2) is 5.01. The minimum absolute atomic E-state index is 0.0924. The van der Waals surface area contributed by atoms with Crippen LogP contribution in [0.1, 0.15) is 5.56 Å². The van der Waals surface area contributed by atoms with Crippen molar-refractivity contribution in [3.05, 3.63) is 50.1 Å². The molecule has 2 rings (SSSR count). The Labute approximate surface area is 111 Å². The van der Waals surface area contributed by atoms with Gasteiger partial charge in [0.15, 0.2) is 0 Å². The first-order valence-electron chi connectivity index (χ1n) is 4.64. The number of nitrogens with zero attached hydrogens (tertiary/aromatic N) is 1. The molecule has 0 aliphatic heterocycles. The zero-order chi connectivity index (χ0) is 11.5. The van der Waals surface area contributed by atoms with E-state index in [2.05, 4.69) is 9.97 Å². The molecule has 0 amide bonds. The number of aromatic amines is 1. The van der Waals surface area contributed by atoms with Gasteiger partial charge < -0.3 is 4.98 Å². The van der Waals surface area contributed by atoms with E-state index in [-0.39, 0.29) is 5.56 Å². The highest BCUT2D eigenvalue weighted by Gasteiger charge is 2.06. The third-order valence-electron chi connectivity index (χ3n) is 2.00. The fraction of sp³-hybridized carbons (Fsp3) is 0.0909. The summed E-state index contributed by atoms with van der Waals surface area (Å²) in [5, 5.41) is 0.744. The van der Waals surface area contributed by atoms with Crippen LogP contribution in [-0.4, -0.2) is 9.97 Å². The van der Waals surface area contributed by atoms with Gasteiger partial charge >= 0.3 is 0 Å². The van der Waals surface area contributed by atoms with Crippen molar-refractivity contribution >= 4 is 34.4 Å². The van der Waals surface area contributed by atoms with Crippen molar-refractivity contribution in [3.8, 4) is 0 Å². The van der Waals surface area contributed by atoms with Gasteiger partial charge in [0.2, 0.25) is 0 Å². The summed E-state index contributed by atoms with van der Waals surface area (Å²) in [5.41, 5.74) is 1.13. The predicted octanol–water partition coefficient (Wildman–Crippen LogP) is 2.83. The first-order valence-corrected chi connectivity index (χ1v) is 6.54. The third kappa shape index (κ3) is 2.65. The largest absolute Gasteiger partial charge is 0.312 e. The number of aryl methyl sites for hydroxylation is 1. The van der Waals surface area contributed by atoms with Gasteiger partial charge in [0.1, 0.15) is 8.60 Å². The van der Waals surface area contributed by atoms with Crippen LogP contribution in [0, 0.1) is 10.5 Å². The Morgan fingerprint density at radius 2 is 2.00 bits per heavy atom. The predicted molar refractivity (Wildman–Crippen MR) is 72.9 cm³/mol. The van der Waals surface area contributed by atoms with Gasteiger partial charge in [0, 0.05) is 4.90 Å². The Balaban J connectivity index is 2.30. The van der Waals surface area contributed by atoms with Gasteiger partial charge in [-0.3, -0.25) is 4.79 Å². The van der Waals surface area contributed by atoms with Gasteiger partial charge in [-0.15, -0.1) is 0 Å². The highest BCUT2D eigenvalue weighted by molar-refractivity contribution is 14.1. The number of halogens is 1. The lowest BCUT2D eigenvalue weighted by molar-refractivity contribution is 0.987. The number of hydrogen-bond donors (Lipinski definition) is 1. The Bertz CT molecular complexity index is 551. The second-order valence-electron chi connectivity index (χ2n) is 3.27. The summed E-state index contributed by atoms with van der Waals surface area (Å²) in [6, 6.07) is 8.14. The van der Waals surface area contributed by atoms with E-state index in [1.807, 2.05) is 53.8 Å². The Kier molecular flexibility index (Phi) is 3.65. The molecule has 1 N–H and O–H groups in total. The van der Waals surface area contributed by atoms with Crippen molar-refractivity contribution in [2.24, 2.45) is 0 Å².